The molecule has 1 aromatic rings. The van der Waals surface area contributed by atoms with Gasteiger partial charge in [0.05, 0.1) is 0 Å². The van der Waals surface area contributed by atoms with E-state index in [-0.39, 0.29) is 6.29 Å². The molecule has 1 unspecified atom stereocenters. The molecule has 12 heavy (non-hydrogen) atoms. The Kier molecular flexibility index (Phi) is 1.98. The second-order valence-corrected chi connectivity index (χ2v) is 2.83. The molecule has 0 radical (unpaired) electrons. The monoisotopic (exact) mass is 165 g/mol. The summed E-state index contributed by atoms with van der Waals surface area (Å²) >= 11 is 0. The predicted molar refractivity (Wildman–Crippen MR) is 44.5 cm³/mol. The van der Waals surface area contributed by atoms with Crippen molar-refractivity contribution in [2.75, 3.05) is 0 Å². The zero-order chi connectivity index (χ0) is 8.39. The minimum absolute atomic E-state index is 0.278. The van der Waals surface area contributed by atoms with E-state index >= 15 is 0 Å². The molecule has 2 N–H and O–H groups in total. The van der Waals surface area contributed by atoms with Gasteiger partial charge in [0.25, 0.3) is 0 Å². The largest absolute Gasteiger partial charge is 0.463 e. The highest BCUT2D eigenvalue weighted by Gasteiger charge is 2.18. The molecular formula is C9H11NO2. The fourth-order valence-corrected chi connectivity index (χ4v) is 1.40. The van der Waals surface area contributed by atoms with E-state index < -0.39 is 0 Å². The molecule has 0 amide bonds. The number of nitrogens with two attached hydrogens (primary N) is 1. The smallest absolute Gasteiger partial charge is 0.217 e. The van der Waals surface area contributed by atoms with E-state index in [0.29, 0.717) is 0 Å². The van der Waals surface area contributed by atoms with Crippen molar-refractivity contribution in [3.05, 3.63) is 29.8 Å². The van der Waals surface area contributed by atoms with Crippen LogP contribution in [-0.4, -0.2) is 6.29 Å². The lowest BCUT2D eigenvalue weighted by Crippen LogP contribution is -2.28. The minimum Gasteiger partial charge on any atom is -0.463 e. The van der Waals surface area contributed by atoms with Crippen LogP contribution in [0.25, 0.3) is 0 Å². The van der Waals surface area contributed by atoms with Gasteiger partial charge < -0.3 is 4.74 Å². The van der Waals surface area contributed by atoms with Gasteiger partial charge in [-0.3, -0.25) is 4.84 Å². The molecule has 0 bridgehead atoms. The Balaban J connectivity index is 2.23. The molecule has 3 nitrogen and oxygen atoms in total. The first kappa shape index (κ1) is 7.58. The van der Waals surface area contributed by atoms with Crippen LogP contribution in [0.4, 0.5) is 0 Å². The van der Waals surface area contributed by atoms with E-state index in [2.05, 4.69) is 10.9 Å². The first-order chi connectivity index (χ1) is 5.90. The summed E-state index contributed by atoms with van der Waals surface area (Å²) in [6, 6.07) is 7.94. The predicted octanol–water partition coefficient (Wildman–Crippen LogP) is 1.23. The molecule has 1 heterocycles. The van der Waals surface area contributed by atoms with Crippen LogP contribution in [0.5, 0.6) is 5.75 Å². The Morgan fingerprint density at radius 1 is 1.42 bits per heavy atom. The zero-order valence-corrected chi connectivity index (χ0v) is 6.69. The van der Waals surface area contributed by atoms with Gasteiger partial charge in [-0.15, -0.1) is 0 Å². The number of hydrogen-bond donors (Lipinski definition) is 1. The summed E-state index contributed by atoms with van der Waals surface area (Å²) < 4.78 is 5.43. The summed E-state index contributed by atoms with van der Waals surface area (Å²) in [6.45, 7) is 0. The first-order valence-electron chi connectivity index (χ1n) is 4.00. The molecule has 0 spiro atoms. The lowest BCUT2D eigenvalue weighted by Gasteiger charge is -2.23. The van der Waals surface area contributed by atoms with Crippen molar-refractivity contribution in [3.63, 3.8) is 0 Å². The van der Waals surface area contributed by atoms with Crippen molar-refractivity contribution in [2.45, 2.75) is 19.1 Å². The zero-order valence-electron chi connectivity index (χ0n) is 6.69. The fraction of sp³-hybridized carbons (Fsp3) is 0.333. The Bertz CT molecular complexity index is 275. The average molecular weight is 165 g/mol. The molecule has 1 atom stereocenters. The average Bonchev–Trinajstić information content (AvgIpc) is 2.17. The van der Waals surface area contributed by atoms with Crippen LogP contribution in [0, 0.1) is 0 Å². The molecule has 2 rings (SSSR count). The Morgan fingerprint density at radius 2 is 2.25 bits per heavy atom. The Morgan fingerprint density at radius 3 is 3.08 bits per heavy atom. The molecule has 0 aromatic heterocycles. The third-order valence-corrected chi connectivity index (χ3v) is 2.03. The van der Waals surface area contributed by atoms with Crippen molar-refractivity contribution < 1.29 is 9.57 Å². The molecule has 1 aliphatic heterocycles. The van der Waals surface area contributed by atoms with E-state index in [0.717, 1.165) is 18.6 Å². The maximum absolute atomic E-state index is 5.43. The van der Waals surface area contributed by atoms with Gasteiger partial charge in [0.2, 0.25) is 6.29 Å². The second kappa shape index (κ2) is 3.13. The summed E-state index contributed by atoms with van der Waals surface area (Å²) in [4.78, 5) is 4.63. The molecular weight excluding hydrogens is 154 g/mol. The molecule has 0 fully saturated rings. The molecule has 0 saturated heterocycles. The van der Waals surface area contributed by atoms with Crippen LogP contribution in [0.1, 0.15) is 12.0 Å². The SMILES string of the molecule is NOC1CCc2ccccc2O1. The molecule has 64 valence electrons. The van der Waals surface area contributed by atoms with Crippen LogP contribution in [0.2, 0.25) is 0 Å². The van der Waals surface area contributed by atoms with Crippen molar-refractivity contribution >= 4 is 0 Å². The van der Waals surface area contributed by atoms with Gasteiger partial charge in [0.1, 0.15) is 5.75 Å². The maximum Gasteiger partial charge on any atom is 0.217 e. The highest BCUT2D eigenvalue weighted by Crippen LogP contribution is 2.26. The molecule has 1 aliphatic rings. The quantitative estimate of drug-likeness (QED) is 0.636. The van der Waals surface area contributed by atoms with Gasteiger partial charge >= 0.3 is 0 Å². The number of ether oxygens (including phenoxy) is 1. The standard InChI is InChI=1S/C9H11NO2/c10-12-9-6-5-7-3-1-2-4-8(7)11-9/h1-4,9H,5-6,10H2. The third-order valence-electron chi connectivity index (χ3n) is 2.03. The van der Waals surface area contributed by atoms with Gasteiger partial charge in [-0.25, -0.2) is 5.90 Å². The van der Waals surface area contributed by atoms with Crippen LogP contribution < -0.4 is 10.6 Å². The van der Waals surface area contributed by atoms with E-state index in [9.17, 15) is 0 Å². The van der Waals surface area contributed by atoms with E-state index in [4.69, 9.17) is 10.6 Å². The van der Waals surface area contributed by atoms with Crippen molar-refractivity contribution in [3.8, 4) is 5.75 Å². The van der Waals surface area contributed by atoms with Crippen molar-refractivity contribution in [1.82, 2.24) is 0 Å². The number of para-hydroxylation sites is 1. The van der Waals surface area contributed by atoms with Crippen LogP contribution >= 0.6 is 0 Å². The Labute approximate surface area is 71.0 Å². The molecule has 1 aromatic carbocycles. The summed E-state index contributed by atoms with van der Waals surface area (Å²) in [5, 5.41) is 0. The topological polar surface area (TPSA) is 44.5 Å². The number of rotatable bonds is 1. The lowest BCUT2D eigenvalue weighted by atomic mass is 10.1. The van der Waals surface area contributed by atoms with Crippen molar-refractivity contribution in [1.29, 1.82) is 0 Å². The lowest BCUT2D eigenvalue weighted by molar-refractivity contribution is -0.0932. The molecule has 0 saturated carbocycles. The Hall–Kier alpha value is -1.06. The normalized spacial score (nSPS) is 21.2. The summed E-state index contributed by atoms with van der Waals surface area (Å²) in [6.07, 6.45) is 1.52. The first-order valence-corrected chi connectivity index (χ1v) is 4.00. The van der Waals surface area contributed by atoms with Gasteiger partial charge in [0.15, 0.2) is 0 Å². The van der Waals surface area contributed by atoms with Crippen LogP contribution in [-0.2, 0) is 11.3 Å². The molecule has 0 aliphatic carbocycles. The number of hydrogen-bond acceptors (Lipinski definition) is 3. The maximum atomic E-state index is 5.43. The highest BCUT2D eigenvalue weighted by atomic mass is 16.8. The van der Waals surface area contributed by atoms with Gasteiger partial charge in [-0.05, 0) is 18.1 Å². The fourth-order valence-electron chi connectivity index (χ4n) is 1.40. The second-order valence-electron chi connectivity index (χ2n) is 2.83. The third kappa shape index (κ3) is 1.29. The minimum atomic E-state index is -0.278. The van der Waals surface area contributed by atoms with Gasteiger partial charge in [0, 0.05) is 6.42 Å². The summed E-state index contributed by atoms with van der Waals surface area (Å²) in [5.74, 6) is 5.92. The van der Waals surface area contributed by atoms with E-state index in [1.807, 2.05) is 18.2 Å². The summed E-state index contributed by atoms with van der Waals surface area (Å²) in [5.41, 5.74) is 1.23. The van der Waals surface area contributed by atoms with Crippen LogP contribution in [0.15, 0.2) is 24.3 Å². The summed E-state index contributed by atoms with van der Waals surface area (Å²) in [7, 11) is 0. The molecule has 3 heteroatoms. The number of benzene rings is 1. The van der Waals surface area contributed by atoms with E-state index in [1.165, 1.54) is 5.56 Å². The van der Waals surface area contributed by atoms with Crippen molar-refractivity contribution in [2.24, 2.45) is 5.90 Å². The highest BCUT2D eigenvalue weighted by molar-refractivity contribution is 5.34. The number of aryl methyl sites for hydroxylation is 1. The number of fused-ring (bicyclic) bond motifs is 1. The van der Waals surface area contributed by atoms with Gasteiger partial charge in [-0.2, -0.15) is 0 Å². The van der Waals surface area contributed by atoms with E-state index in [1.54, 1.807) is 0 Å². The van der Waals surface area contributed by atoms with Gasteiger partial charge in [-0.1, -0.05) is 18.2 Å². The van der Waals surface area contributed by atoms with Crippen LogP contribution in [0.3, 0.4) is 0 Å².